The molecule has 1 saturated heterocycles. The van der Waals surface area contributed by atoms with Crippen molar-refractivity contribution in [3.8, 4) is 0 Å². The van der Waals surface area contributed by atoms with Crippen molar-refractivity contribution >= 4 is 12.0 Å². The Hall–Kier alpha value is -1.30. The highest BCUT2D eigenvalue weighted by molar-refractivity contribution is 5.85. The van der Waals surface area contributed by atoms with Gasteiger partial charge in [0.25, 0.3) is 0 Å². The van der Waals surface area contributed by atoms with Gasteiger partial charge >= 0.3 is 6.09 Å². The average Bonchev–Trinajstić information content (AvgIpc) is 2.15. The molecule has 0 aromatic carbocycles. The van der Waals surface area contributed by atoms with Crippen LogP contribution >= 0.6 is 0 Å². The van der Waals surface area contributed by atoms with E-state index in [4.69, 9.17) is 4.74 Å². The third-order valence-electron chi connectivity index (χ3n) is 2.19. The molecule has 0 aromatic heterocycles. The number of alkyl carbamates (subject to hydrolysis) is 1. The van der Waals surface area contributed by atoms with Gasteiger partial charge in [0, 0.05) is 13.1 Å². The summed E-state index contributed by atoms with van der Waals surface area (Å²) >= 11 is 0. The Balaban J connectivity index is 2.47. The van der Waals surface area contributed by atoms with E-state index in [1.54, 1.807) is 20.8 Å². The molecule has 2 amide bonds. The van der Waals surface area contributed by atoms with Crippen molar-refractivity contribution in [2.24, 2.45) is 0 Å². The van der Waals surface area contributed by atoms with Crippen LogP contribution < -0.4 is 16.0 Å². The fourth-order valence-corrected chi connectivity index (χ4v) is 1.45. The van der Waals surface area contributed by atoms with E-state index >= 15 is 0 Å². The van der Waals surface area contributed by atoms with E-state index in [-0.39, 0.29) is 5.91 Å². The Labute approximate surface area is 101 Å². The van der Waals surface area contributed by atoms with E-state index in [9.17, 15) is 9.59 Å². The van der Waals surface area contributed by atoms with E-state index in [1.807, 2.05) is 0 Å². The van der Waals surface area contributed by atoms with Crippen LogP contribution in [0, 0.1) is 0 Å². The Bertz CT molecular complexity index is 286. The second-order valence-electron chi connectivity index (χ2n) is 5.05. The zero-order valence-electron chi connectivity index (χ0n) is 10.6. The first-order valence-electron chi connectivity index (χ1n) is 5.86. The van der Waals surface area contributed by atoms with Crippen LogP contribution in [0.3, 0.4) is 0 Å². The lowest BCUT2D eigenvalue weighted by Crippen LogP contribution is -2.54. The van der Waals surface area contributed by atoms with E-state index in [0.717, 1.165) is 13.0 Å². The van der Waals surface area contributed by atoms with Gasteiger partial charge in [0.2, 0.25) is 5.91 Å². The summed E-state index contributed by atoms with van der Waals surface area (Å²) in [7, 11) is 0. The third kappa shape index (κ3) is 5.53. The number of amides is 2. The Morgan fingerprint density at radius 2 is 2.12 bits per heavy atom. The zero-order valence-corrected chi connectivity index (χ0v) is 10.6. The molecular weight excluding hydrogens is 222 g/mol. The fourth-order valence-electron chi connectivity index (χ4n) is 1.45. The summed E-state index contributed by atoms with van der Waals surface area (Å²) in [5, 5.41) is 8.42. The molecule has 0 spiro atoms. The van der Waals surface area contributed by atoms with Gasteiger partial charge in [-0.05, 0) is 33.7 Å². The van der Waals surface area contributed by atoms with Gasteiger partial charge < -0.3 is 20.7 Å². The summed E-state index contributed by atoms with van der Waals surface area (Å²) in [6.07, 6.45) is 0.324. The second-order valence-corrected chi connectivity index (χ2v) is 5.05. The van der Waals surface area contributed by atoms with E-state index in [0.29, 0.717) is 13.1 Å². The van der Waals surface area contributed by atoms with Gasteiger partial charge in [-0.1, -0.05) is 0 Å². The molecule has 6 nitrogen and oxygen atoms in total. The van der Waals surface area contributed by atoms with Crippen LogP contribution in [0.2, 0.25) is 0 Å². The first-order chi connectivity index (χ1) is 7.88. The number of carbonyl (C=O) groups is 2. The molecule has 0 saturated carbocycles. The molecule has 1 heterocycles. The predicted octanol–water partition coefficient (Wildman–Crippen LogP) is -0.0108. The minimum Gasteiger partial charge on any atom is -0.444 e. The summed E-state index contributed by atoms with van der Waals surface area (Å²) in [6, 6.07) is -0.579. The largest absolute Gasteiger partial charge is 0.444 e. The van der Waals surface area contributed by atoms with Crippen LogP contribution in [0.4, 0.5) is 4.79 Å². The lowest BCUT2D eigenvalue weighted by Gasteiger charge is -2.24. The number of hydrogen-bond donors (Lipinski definition) is 3. The van der Waals surface area contributed by atoms with Crippen molar-refractivity contribution in [1.82, 2.24) is 16.0 Å². The van der Waals surface area contributed by atoms with Crippen LogP contribution in [-0.4, -0.2) is 43.3 Å². The van der Waals surface area contributed by atoms with Crippen LogP contribution in [0.1, 0.15) is 27.2 Å². The molecule has 1 aliphatic heterocycles. The van der Waals surface area contributed by atoms with E-state index in [2.05, 4.69) is 16.0 Å². The number of carbonyl (C=O) groups excluding carboxylic acids is 2. The summed E-state index contributed by atoms with van der Waals surface area (Å²) in [5.41, 5.74) is -0.560. The molecule has 0 aliphatic carbocycles. The first kappa shape index (κ1) is 13.8. The molecule has 3 N–H and O–H groups in total. The lowest BCUT2D eigenvalue weighted by molar-refractivity contribution is -0.123. The van der Waals surface area contributed by atoms with Crippen LogP contribution in [0.5, 0.6) is 0 Å². The quantitative estimate of drug-likeness (QED) is 0.605. The van der Waals surface area contributed by atoms with Crippen LogP contribution in [-0.2, 0) is 9.53 Å². The molecule has 6 heteroatoms. The van der Waals surface area contributed by atoms with Crippen molar-refractivity contribution in [2.45, 2.75) is 38.8 Å². The monoisotopic (exact) mass is 243 g/mol. The molecule has 1 fully saturated rings. The van der Waals surface area contributed by atoms with Crippen molar-refractivity contribution in [3.63, 3.8) is 0 Å². The van der Waals surface area contributed by atoms with Crippen molar-refractivity contribution in [2.75, 3.05) is 19.6 Å². The Morgan fingerprint density at radius 1 is 1.41 bits per heavy atom. The van der Waals surface area contributed by atoms with E-state index < -0.39 is 17.7 Å². The SMILES string of the molecule is CC(C)(C)OC(=O)N[C@@H]1CNCCCNC1=O. The number of ether oxygens (including phenoxy) is 1. The van der Waals surface area contributed by atoms with Crippen molar-refractivity contribution in [3.05, 3.63) is 0 Å². The maximum Gasteiger partial charge on any atom is 0.408 e. The van der Waals surface area contributed by atoms with Gasteiger partial charge in [-0.3, -0.25) is 4.79 Å². The Morgan fingerprint density at radius 3 is 2.76 bits per heavy atom. The summed E-state index contributed by atoms with van der Waals surface area (Å²) in [5.74, 6) is -0.178. The molecule has 1 rings (SSSR count). The molecule has 0 radical (unpaired) electrons. The standard InChI is InChI=1S/C11H21N3O3/c1-11(2,3)17-10(16)14-8-7-12-5-4-6-13-9(8)15/h8,12H,4-7H2,1-3H3,(H,13,15)(H,14,16)/t8-/m1/s1. The summed E-state index contributed by atoms with van der Waals surface area (Å²) < 4.78 is 5.10. The maximum absolute atomic E-state index is 11.6. The highest BCUT2D eigenvalue weighted by Crippen LogP contribution is 2.06. The topological polar surface area (TPSA) is 79.5 Å². The normalized spacial score (nSPS) is 22.1. The van der Waals surface area contributed by atoms with Gasteiger partial charge in [0.15, 0.2) is 0 Å². The number of hydrogen-bond acceptors (Lipinski definition) is 4. The van der Waals surface area contributed by atoms with E-state index in [1.165, 1.54) is 0 Å². The summed E-state index contributed by atoms with van der Waals surface area (Å²) in [4.78, 5) is 23.2. The minimum atomic E-state index is -0.579. The maximum atomic E-state index is 11.6. The number of nitrogens with one attached hydrogen (secondary N) is 3. The fraction of sp³-hybridized carbons (Fsp3) is 0.818. The lowest BCUT2D eigenvalue weighted by atomic mass is 10.2. The zero-order chi connectivity index (χ0) is 12.9. The molecule has 0 unspecified atom stereocenters. The highest BCUT2D eigenvalue weighted by Gasteiger charge is 2.24. The molecule has 98 valence electrons. The molecule has 1 atom stereocenters. The number of rotatable bonds is 1. The van der Waals surface area contributed by atoms with Gasteiger partial charge in [0.1, 0.15) is 11.6 Å². The molecule has 0 bridgehead atoms. The predicted molar refractivity (Wildman–Crippen MR) is 63.7 cm³/mol. The molecular formula is C11H21N3O3. The van der Waals surface area contributed by atoms with Gasteiger partial charge in [-0.15, -0.1) is 0 Å². The van der Waals surface area contributed by atoms with Crippen molar-refractivity contribution in [1.29, 1.82) is 0 Å². The van der Waals surface area contributed by atoms with Gasteiger partial charge in [0.05, 0.1) is 0 Å². The average molecular weight is 243 g/mol. The molecule has 0 aromatic rings. The minimum absolute atomic E-state index is 0.178. The van der Waals surface area contributed by atoms with Gasteiger partial charge in [-0.25, -0.2) is 4.79 Å². The smallest absolute Gasteiger partial charge is 0.408 e. The van der Waals surface area contributed by atoms with Gasteiger partial charge in [-0.2, -0.15) is 0 Å². The highest BCUT2D eigenvalue weighted by atomic mass is 16.6. The Kier molecular flexibility index (Phi) is 4.74. The molecule has 1 aliphatic rings. The second kappa shape index (κ2) is 5.86. The van der Waals surface area contributed by atoms with Crippen molar-refractivity contribution < 1.29 is 14.3 Å². The first-order valence-corrected chi connectivity index (χ1v) is 5.86. The summed E-state index contributed by atoms with van der Waals surface area (Å²) in [6.45, 7) is 7.21. The molecule has 17 heavy (non-hydrogen) atoms. The van der Waals surface area contributed by atoms with Crippen LogP contribution in [0.25, 0.3) is 0 Å². The van der Waals surface area contributed by atoms with Crippen LogP contribution in [0.15, 0.2) is 0 Å². The third-order valence-corrected chi connectivity index (χ3v) is 2.19.